The summed E-state index contributed by atoms with van der Waals surface area (Å²) in [5, 5.41) is 3.99. The van der Waals surface area contributed by atoms with E-state index in [-0.39, 0.29) is 5.89 Å². The van der Waals surface area contributed by atoms with E-state index < -0.39 is 5.97 Å². The highest BCUT2D eigenvalue weighted by molar-refractivity contribution is 5.74. The third kappa shape index (κ3) is 3.45. The second-order valence-corrected chi connectivity index (χ2v) is 5.08. The van der Waals surface area contributed by atoms with Gasteiger partial charge in [0.25, 0.3) is 5.89 Å². The Balaban J connectivity index is 1.97. The van der Waals surface area contributed by atoms with Gasteiger partial charge < -0.3 is 18.7 Å². The number of hydrogen-bond acceptors (Lipinski definition) is 7. The first-order valence-corrected chi connectivity index (χ1v) is 7.46. The number of nitrogens with zero attached hydrogens (tertiary/aromatic N) is 2. The molecule has 0 aliphatic carbocycles. The van der Waals surface area contributed by atoms with Crippen molar-refractivity contribution in [2.24, 2.45) is 0 Å². The summed E-state index contributed by atoms with van der Waals surface area (Å²) in [7, 11) is 3.12. The van der Waals surface area contributed by atoms with E-state index in [9.17, 15) is 4.79 Å². The minimum Gasteiger partial charge on any atom is -0.493 e. The minimum atomic E-state index is -0.424. The molecule has 0 bridgehead atoms. The minimum absolute atomic E-state index is 0.252. The Bertz CT molecular complexity index is 904. The van der Waals surface area contributed by atoms with E-state index >= 15 is 0 Å². The lowest BCUT2D eigenvalue weighted by Gasteiger charge is -2.07. The van der Waals surface area contributed by atoms with E-state index in [2.05, 4.69) is 10.1 Å². The maximum atomic E-state index is 11.2. The zero-order chi connectivity index (χ0) is 17.8. The molecule has 3 rings (SSSR count). The van der Waals surface area contributed by atoms with Gasteiger partial charge in [-0.25, -0.2) is 0 Å². The molecule has 25 heavy (non-hydrogen) atoms. The number of esters is 1. The van der Waals surface area contributed by atoms with Gasteiger partial charge in [0.2, 0.25) is 5.82 Å². The summed E-state index contributed by atoms with van der Waals surface area (Å²) in [5.74, 6) is 1.74. The van der Waals surface area contributed by atoms with Gasteiger partial charge in [-0.3, -0.25) is 4.79 Å². The molecular weight excluding hydrogens is 324 g/mol. The quantitative estimate of drug-likeness (QED) is 0.520. The van der Waals surface area contributed by atoms with Crippen molar-refractivity contribution in [1.82, 2.24) is 10.1 Å². The van der Waals surface area contributed by atoms with Gasteiger partial charge in [0.05, 0.1) is 19.8 Å². The van der Waals surface area contributed by atoms with Crippen LogP contribution in [0, 0.1) is 0 Å². The van der Waals surface area contributed by atoms with Gasteiger partial charge in [-0.1, -0.05) is 17.3 Å². The van der Waals surface area contributed by atoms with Gasteiger partial charge in [-0.05, 0) is 30.3 Å². The molecule has 128 valence electrons. The van der Waals surface area contributed by atoms with Gasteiger partial charge in [0, 0.05) is 12.5 Å². The summed E-state index contributed by atoms with van der Waals surface area (Å²) < 4.78 is 21.0. The van der Waals surface area contributed by atoms with Crippen molar-refractivity contribution in [3.63, 3.8) is 0 Å². The molecule has 1 heterocycles. The fraction of sp³-hybridized carbons (Fsp3) is 0.167. The Kier molecular flexibility index (Phi) is 4.65. The van der Waals surface area contributed by atoms with E-state index in [1.807, 2.05) is 0 Å². The van der Waals surface area contributed by atoms with E-state index in [1.54, 1.807) is 56.7 Å². The lowest BCUT2D eigenvalue weighted by atomic mass is 10.2. The number of carbonyl (C=O) groups excluding carboxylic acids is 1. The number of rotatable bonds is 5. The topological polar surface area (TPSA) is 83.7 Å². The van der Waals surface area contributed by atoms with Gasteiger partial charge in [-0.2, -0.15) is 4.98 Å². The molecule has 0 radical (unpaired) electrons. The van der Waals surface area contributed by atoms with Crippen LogP contribution >= 0.6 is 0 Å². The Labute approximate surface area is 144 Å². The Morgan fingerprint density at radius 2 is 1.76 bits per heavy atom. The van der Waals surface area contributed by atoms with Crippen molar-refractivity contribution >= 4 is 5.97 Å². The predicted octanol–water partition coefficient (Wildman–Crippen LogP) is 3.35. The van der Waals surface area contributed by atoms with Crippen LogP contribution in [0.25, 0.3) is 22.8 Å². The van der Waals surface area contributed by atoms with Crippen molar-refractivity contribution in [2.45, 2.75) is 6.92 Å². The Hall–Kier alpha value is -3.35. The molecule has 0 aliphatic heterocycles. The van der Waals surface area contributed by atoms with Crippen molar-refractivity contribution in [3.05, 3.63) is 42.5 Å². The van der Waals surface area contributed by atoms with Crippen LogP contribution in [-0.2, 0) is 4.79 Å². The van der Waals surface area contributed by atoms with Crippen LogP contribution in [-0.4, -0.2) is 30.3 Å². The van der Waals surface area contributed by atoms with Crippen LogP contribution in [0.15, 0.2) is 47.0 Å². The normalized spacial score (nSPS) is 10.4. The van der Waals surface area contributed by atoms with Gasteiger partial charge in [0.1, 0.15) is 5.75 Å². The SMILES string of the molecule is COc1ccc(-c2noc(-c3ccccc3OC(C)=O)n2)cc1OC. The highest BCUT2D eigenvalue weighted by Gasteiger charge is 2.17. The molecule has 0 amide bonds. The first-order valence-electron chi connectivity index (χ1n) is 7.46. The maximum absolute atomic E-state index is 11.2. The highest BCUT2D eigenvalue weighted by Crippen LogP contribution is 2.33. The first kappa shape index (κ1) is 16.5. The van der Waals surface area contributed by atoms with Crippen molar-refractivity contribution < 1.29 is 23.5 Å². The Morgan fingerprint density at radius 3 is 2.48 bits per heavy atom. The molecular formula is C18H16N2O5. The van der Waals surface area contributed by atoms with Gasteiger partial charge in [0.15, 0.2) is 11.5 Å². The average molecular weight is 340 g/mol. The molecule has 0 N–H and O–H groups in total. The second-order valence-electron chi connectivity index (χ2n) is 5.08. The van der Waals surface area contributed by atoms with Crippen molar-refractivity contribution in [1.29, 1.82) is 0 Å². The Morgan fingerprint density at radius 1 is 1.00 bits per heavy atom. The van der Waals surface area contributed by atoms with Gasteiger partial charge in [-0.15, -0.1) is 0 Å². The molecule has 7 heteroatoms. The lowest BCUT2D eigenvalue weighted by molar-refractivity contribution is -0.131. The molecule has 0 aliphatic rings. The van der Waals surface area contributed by atoms with Crippen LogP contribution < -0.4 is 14.2 Å². The summed E-state index contributed by atoms with van der Waals surface area (Å²) in [6.45, 7) is 1.33. The molecule has 7 nitrogen and oxygen atoms in total. The molecule has 0 atom stereocenters. The number of aromatic nitrogens is 2. The van der Waals surface area contributed by atoms with Crippen LogP contribution in [0.1, 0.15) is 6.92 Å². The van der Waals surface area contributed by atoms with E-state index in [0.29, 0.717) is 34.2 Å². The third-order valence-corrected chi connectivity index (χ3v) is 3.44. The summed E-state index contributed by atoms with van der Waals surface area (Å²) >= 11 is 0. The van der Waals surface area contributed by atoms with Crippen LogP contribution in [0.5, 0.6) is 17.2 Å². The maximum Gasteiger partial charge on any atom is 0.308 e. The first-order chi connectivity index (χ1) is 12.1. The van der Waals surface area contributed by atoms with Crippen molar-refractivity contribution in [3.8, 4) is 40.1 Å². The fourth-order valence-electron chi connectivity index (χ4n) is 2.31. The van der Waals surface area contributed by atoms with E-state index in [0.717, 1.165) is 0 Å². The molecule has 0 spiro atoms. The number of methoxy groups -OCH3 is 2. The standard InChI is InChI=1S/C18H16N2O5/c1-11(21)24-14-7-5-4-6-13(14)18-19-17(20-25-18)12-8-9-15(22-2)16(10-12)23-3/h4-10H,1-3H3. The molecule has 0 fully saturated rings. The molecule has 3 aromatic rings. The summed E-state index contributed by atoms with van der Waals surface area (Å²) in [6.07, 6.45) is 0. The second kappa shape index (κ2) is 7.04. The zero-order valence-corrected chi connectivity index (χ0v) is 14.0. The zero-order valence-electron chi connectivity index (χ0n) is 14.0. The summed E-state index contributed by atoms with van der Waals surface area (Å²) in [4.78, 5) is 15.6. The fourth-order valence-corrected chi connectivity index (χ4v) is 2.31. The average Bonchev–Trinajstić information content (AvgIpc) is 3.11. The molecule has 0 saturated heterocycles. The largest absolute Gasteiger partial charge is 0.493 e. The number of hydrogen-bond donors (Lipinski definition) is 0. The molecule has 0 unspecified atom stereocenters. The number of ether oxygens (including phenoxy) is 3. The number of para-hydroxylation sites is 1. The number of carbonyl (C=O) groups is 1. The molecule has 1 aromatic heterocycles. The molecule has 0 saturated carbocycles. The van der Waals surface area contributed by atoms with Gasteiger partial charge >= 0.3 is 5.97 Å². The monoisotopic (exact) mass is 340 g/mol. The lowest BCUT2D eigenvalue weighted by Crippen LogP contribution is -2.02. The number of benzene rings is 2. The van der Waals surface area contributed by atoms with Crippen LogP contribution in [0.4, 0.5) is 0 Å². The highest BCUT2D eigenvalue weighted by atomic mass is 16.5. The predicted molar refractivity (Wildman–Crippen MR) is 89.6 cm³/mol. The van der Waals surface area contributed by atoms with E-state index in [4.69, 9.17) is 18.7 Å². The third-order valence-electron chi connectivity index (χ3n) is 3.44. The summed E-state index contributed by atoms with van der Waals surface area (Å²) in [6, 6.07) is 12.3. The van der Waals surface area contributed by atoms with Crippen LogP contribution in [0.3, 0.4) is 0 Å². The van der Waals surface area contributed by atoms with Crippen molar-refractivity contribution in [2.75, 3.05) is 14.2 Å². The summed E-state index contributed by atoms with van der Waals surface area (Å²) in [5.41, 5.74) is 1.24. The smallest absolute Gasteiger partial charge is 0.308 e. The molecule has 2 aromatic carbocycles. The van der Waals surface area contributed by atoms with Crippen LogP contribution in [0.2, 0.25) is 0 Å². The van der Waals surface area contributed by atoms with E-state index in [1.165, 1.54) is 6.92 Å².